The van der Waals surface area contributed by atoms with Crippen LogP contribution in [0.25, 0.3) is 0 Å². The summed E-state index contributed by atoms with van der Waals surface area (Å²) in [6, 6.07) is 9.18. The highest BCUT2D eigenvalue weighted by molar-refractivity contribution is 5.76. The predicted octanol–water partition coefficient (Wildman–Crippen LogP) is 0.928. The predicted molar refractivity (Wildman–Crippen MR) is 69.7 cm³/mol. The summed E-state index contributed by atoms with van der Waals surface area (Å²) in [5.41, 5.74) is 1.00. The molecule has 0 aromatic heterocycles. The molecule has 0 aliphatic heterocycles. The number of carbonyl (C=O) groups excluding carboxylic acids is 1. The van der Waals surface area contributed by atoms with Crippen molar-refractivity contribution < 1.29 is 19.4 Å². The van der Waals surface area contributed by atoms with Gasteiger partial charge in [0, 0.05) is 20.7 Å². The lowest BCUT2D eigenvalue weighted by molar-refractivity contribution is -0.148. The molecule has 1 aromatic carbocycles. The van der Waals surface area contributed by atoms with Crippen molar-refractivity contribution in [1.82, 2.24) is 10.2 Å². The van der Waals surface area contributed by atoms with Crippen molar-refractivity contribution in [1.29, 1.82) is 0 Å². The second kappa shape index (κ2) is 7.38. The van der Waals surface area contributed by atoms with E-state index in [4.69, 9.17) is 9.84 Å². The highest BCUT2D eigenvalue weighted by atomic mass is 16.5. The molecule has 0 spiro atoms. The van der Waals surface area contributed by atoms with Crippen molar-refractivity contribution in [2.45, 2.75) is 12.6 Å². The van der Waals surface area contributed by atoms with Crippen LogP contribution < -0.4 is 5.32 Å². The van der Waals surface area contributed by atoms with Crippen molar-refractivity contribution in [2.75, 3.05) is 20.7 Å². The Kier molecular flexibility index (Phi) is 5.81. The van der Waals surface area contributed by atoms with E-state index in [1.54, 1.807) is 7.05 Å². The number of carboxylic acid groups (broad SMARTS) is 1. The number of urea groups is 1. The molecular formula is C13H18N2O4. The lowest BCUT2D eigenvalue weighted by Crippen LogP contribution is -2.43. The highest BCUT2D eigenvalue weighted by Crippen LogP contribution is 2.02. The maximum atomic E-state index is 11.8. The average molecular weight is 266 g/mol. The molecule has 0 aliphatic carbocycles. The zero-order chi connectivity index (χ0) is 14.3. The fourth-order valence-electron chi connectivity index (χ4n) is 1.52. The molecule has 104 valence electrons. The molecule has 1 unspecified atom stereocenters. The van der Waals surface area contributed by atoms with Crippen LogP contribution in [0.3, 0.4) is 0 Å². The number of nitrogens with zero attached hydrogens (tertiary/aromatic N) is 1. The fourth-order valence-corrected chi connectivity index (χ4v) is 1.52. The summed E-state index contributed by atoms with van der Waals surface area (Å²) in [7, 11) is 2.93. The number of nitrogens with one attached hydrogen (secondary N) is 1. The van der Waals surface area contributed by atoms with Crippen LogP contribution in [0.2, 0.25) is 0 Å². The molecule has 0 aliphatic rings. The number of amides is 2. The summed E-state index contributed by atoms with van der Waals surface area (Å²) < 4.78 is 4.73. The van der Waals surface area contributed by atoms with E-state index in [1.165, 1.54) is 12.0 Å². The normalized spacial score (nSPS) is 11.7. The van der Waals surface area contributed by atoms with Crippen molar-refractivity contribution in [2.24, 2.45) is 0 Å². The van der Waals surface area contributed by atoms with Crippen LogP contribution >= 0.6 is 0 Å². The third-order valence-electron chi connectivity index (χ3n) is 2.61. The van der Waals surface area contributed by atoms with Crippen molar-refractivity contribution in [3.63, 3.8) is 0 Å². The van der Waals surface area contributed by atoms with Gasteiger partial charge in [0.15, 0.2) is 6.10 Å². The minimum atomic E-state index is -1.10. The molecule has 6 nitrogen and oxygen atoms in total. The van der Waals surface area contributed by atoms with Crippen LogP contribution in [-0.2, 0) is 16.1 Å². The first kappa shape index (κ1) is 15.0. The average Bonchev–Trinajstić information content (AvgIpc) is 2.39. The van der Waals surface area contributed by atoms with Crippen molar-refractivity contribution >= 4 is 12.0 Å². The van der Waals surface area contributed by atoms with Gasteiger partial charge >= 0.3 is 12.0 Å². The summed E-state index contributed by atoms with van der Waals surface area (Å²) in [5.74, 6) is -1.10. The zero-order valence-corrected chi connectivity index (χ0v) is 11.0. The van der Waals surface area contributed by atoms with E-state index < -0.39 is 12.1 Å². The smallest absolute Gasteiger partial charge is 0.334 e. The van der Waals surface area contributed by atoms with E-state index in [1.807, 2.05) is 30.3 Å². The van der Waals surface area contributed by atoms with Gasteiger partial charge in [-0.2, -0.15) is 0 Å². The first-order valence-electron chi connectivity index (χ1n) is 5.83. The molecule has 0 saturated heterocycles. The number of rotatable bonds is 6. The Morgan fingerprint density at radius 3 is 2.53 bits per heavy atom. The van der Waals surface area contributed by atoms with Crippen LogP contribution in [0.5, 0.6) is 0 Å². The largest absolute Gasteiger partial charge is 0.479 e. The zero-order valence-electron chi connectivity index (χ0n) is 11.0. The number of benzene rings is 1. The van der Waals surface area contributed by atoms with E-state index in [2.05, 4.69) is 5.32 Å². The number of ether oxygens (including phenoxy) is 1. The van der Waals surface area contributed by atoms with Crippen LogP contribution in [0.1, 0.15) is 5.56 Å². The lowest BCUT2D eigenvalue weighted by atomic mass is 10.2. The van der Waals surface area contributed by atoms with Gasteiger partial charge in [-0.25, -0.2) is 9.59 Å². The van der Waals surface area contributed by atoms with Gasteiger partial charge in [-0.3, -0.25) is 0 Å². The fraction of sp³-hybridized carbons (Fsp3) is 0.385. The standard InChI is InChI=1S/C13H18N2O4/c1-15(9-10-6-4-3-5-7-10)13(18)14-8-11(19-2)12(16)17/h3-7,11H,8-9H2,1-2H3,(H,14,18)(H,16,17). The Hall–Kier alpha value is -2.08. The Bertz CT molecular complexity index is 422. The summed E-state index contributed by atoms with van der Waals surface area (Å²) in [6.45, 7) is 0.390. The van der Waals surface area contributed by atoms with Crippen LogP contribution in [0.15, 0.2) is 30.3 Å². The Labute approximate surface area is 112 Å². The van der Waals surface area contributed by atoms with Gasteiger partial charge in [-0.05, 0) is 5.56 Å². The van der Waals surface area contributed by atoms with E-state index in [0.717, 1.165) is 5.56 Å². The minimum absolute atomic E-state index is 0.0657. The second-order valence-corrected chi connectivity index (χ2v) is 4.09. The third kappa shape index (κ3) is 4.97. The molecule has 0 bridgehead atoms. The van der Waals surface area contributed by atoms with E-state index >= 15 is 0 Å². The van der Waals surface area contributed by atoms with Gasteiger partial charge in [0.1, 0.15) is 0 Å². The Balaban J connectivity index is 2.43. The molecule has 0 fully saturated rings. The topological polar surface area (TPSA) is 78.9 Å². The first-order chi connectivity index (χ1) is 9.04. The lowest BCUT2D eigenvalue weighted by Gasteiger charge is -2.19. The third-order valence-corrected chi connectivity index (χ3v) is 2.61. The number of carboxylic acids is 1. The van der Waals surface area contributed by atoms with Gasteiger partial charge in [0.2, 0.25) is 0 Å². The van der Waals surface area contributed by atoms with Crippen LogP contribution in [0.4, 0.5) is 4.79 Å². The number of methoxy groups -OCH3 is 1. The van der Waals surface area contributed by atoms with E-state index in [9.17, 15) is 9.59 Å². The first-order valence-corrected chi connectivity index (χ1v) is 5.83. The summed E-state index contributed by atoms with van der Waals surface area (Å²) in [6.07, 6.45) is -1.03. The number of hydrogen-bond acceptors (Lipinski definition) is 3. The number of carbonyl (C=O) groups is 2. The van der Waals surface area contributed by atoms with Gasteiger partial charge in [0.25, 0.3) is 0 Å². The second-order valence-electron chi connectivity index (χ2n) is 4.09. The molecule has 1 aromatic rings. The van der Waals surface area contributed by atoms with Crippen LogP contribution in [-0.4, -0.2) is 48.8 Å². The number of hydrogen-bond donors (Lipinski definition) is 2. The van der Waals surface area contributed by atoms with E-state index in [0.29, 0.717) is 6.54 Å². The Morgan fingerprint density at radius 1 is 1.37 bits per heavy atom. The monoisotopic (exact) mass is 266 g/mol. The van der Waals surface area contributed by atoms with Gasteiger partial charge in [-0.1, -0.05) is 30.3 Å². The summed E-state index contributed by atoms with van der Waals surface area (Å²) in [5, 5.41) is 11.3. The summed E-state index contributed by atoms with van der Waals surface area (Å²) in [4.78, 5) is 23.9. The number of aliphatic carboxylic acids is 1. The molecule has 0 radical (unpaired) electrons. The maximum Gasteiger partial charge on any atom is 0.334 e. The van der Waals surface area contributed by atoms with Crippen LogP contribution in [0, 0.1) is 0 Å². The summed E-state index contributed by atoms with van der Waals surface area (Å²) >= 11 is 0. The van der Waals surface area contributed by atoms with E-state index in [-0.39, 0.29) is 12.6 Å². The van der Waals surface area contributed by atoms with Crippen molar-refractivity contribution in [3.8, 4) is 0 Å². The molecule has 1 atom stereocenters. The van der Waals surface area contributed by atoms with Gasteiger partial charge < -0.3 is 20.1 Å². The molecule has 1 rings (SSSR count). The minimum Gasteiger partial charge on any atom is -0.479 e. The molecule has 0 saturated carbocycles. The molecular weight excluding hydrogens is 248 g/mol. The van der Waals surface area contributed by atoms with Crippen molar-refractivity contribution in [3.05, 3.63) is 35.9 Å². The Morgan fingerprint density at radius 2 is 2.00 bits per heavy atom. The maximum absolute atomic E-state index is 11.8. The molecule has 6 heteroatoms. The molecule has 2 N–H and O–H groups in total. The van der Waals surface area contributed by atoms with Gasteiger partial charge in [0.05, 0.1) is 6.54 Å². The molecule has 2 amide bonds. The molecule has 0 heterocycles. The SMILES string of the molecule is COC(CNC(=O)N(C)Cc1ccccc1)C(=O)O. The highest BCUT2D eigenvalue weighted by Gasteiger charge is 2.18. The van der Waals surface area contributed by atoms with Gasteiger partial charge in [-0.15, -0.1) is 0 Å². The quantitative estimate of drug-likeness (QED) is 0.802. The molecule has 19 heavy (non-hydrogen) atoms.